The summed E-state index contributed by atoms with van der Waals surface area (Å²) in [7, 11) is 0. The second kappa shape index (κ2) is 7.59. The smallest absolute Gasteiger partial charge is 0.234 e. The predicted molar refractivity (Wildman–Crippen MR) is 75.3 cm³/mol. The molecule has 2 aliphatic rings. The highest BCUT2D eigenvalue weighted by Crippen LogP contribution is 2.11. The summed E-state index contributed by atoms with van der Waals surface area (Å²) >= 11 is 0. The van der Waals surface area contributed by atoms with Crippen LogP contribution in [0.4, 0.5) is 0 Å². The molecule has 0 aromatic carbocycles. The van der Waals surface area contributed by atoms with Gasteiger partial charge < -0.3 is 15.4 Å². The van der Waals surface area contributed by atoms with Gasteiger partial charge in [0.25, 0.3) is 0 Å². The van der Waals surface area contributed by atoms with E-state index in [1.165, 1.54) is 6.92 Å². The lowest BCUT2D eigenvalue weighted by molar-refractivity contribution is -0.123. The van der Waals surface area contributed by atoms with Gasteiger partial charge in [-0.2, -0.15) is 0 Å². The van der Waals surface area contributed by atoms with E-state index in [0.29, 0.717) is 13.1 Å². The van der Waals surface area contributed by atoms with E-state index in [1.54, 1.807) is 0 Å². The van der Waals surface area contributed by atoms with Gasteiger partial charge in [0.15, 0.2) is 0 Å². The van der Waals surface area contributed by atoms with Crippen LogP contribution in [0.1, 0.15) is 32.6 Å². The minimum absolute atomic E-state index is 0.000293. The molecule has 0 radical (unpaired) electrons. The Morgan fingerprint density at radius 1 is 1.30 bits per heavy atom. The lowest BCUT2D eigenvalue weighted by atomic mass is 10.1. The minimum atomic E-state index is -0.000293. The molecule has 2 unspecified atom stereocenters. The van der Waals surface area contributed by atoms with Gasteiger partial charge in [0.05, 0.1) is 12.6 Å². The first kappa shape index (κ1) is 15.3. The Morgan fingerprint density at radius 2 is 2.15 bits per heavy atom. The third kappa shape index (κ3) is 5.09. The standard InChI is InChI=1S/C14H25N3O3/c1-11(18)16-12-4-2-6-17(9-12)10-14(19)15-8-13-5-3-7-20-13/h12-13H,2-10H2,1H3,(H,15,19)(H,16,18). The zero-order chi connectivity index (χ0) is 14.4. The molecule has 0 spiro atoms. The first-order chi connectivity index (χ1) is 9.63. The molecule has 20 heavy (non-hydrogen) atoms. The zero-order valence-electron chi connectivity index (χ0n) is 12.2. The van der Waals surface area contributed by atoms with Crippen LogP contribution in [0.25, 0.3) is 0 Å². The van der Waals surface area contributed by atoms with Gasteiger partial charge in [0.2, 0.25) is 11.8 Å². The summed E-state index contributed by atoms with van der Waals surface area (Å²) < 4.78 is 5.48. The molecule has 2 rings (SSSR count). The fourth-order valence-electron chi connectivity index (χ4n) is 2.90. The number of piperidine rings is 1. The first-order valence-electron chi connectivity index (χ1n) is 7.51. The summed E-state index contributed by atoms with van der Waals surface area (Å²) in [5.74, 6) is 0.0451. The molecule has 0 aromatic heterocycles. The van der Waals surface area contributed by atoms with Crippen molar-refractivity contribution in [3.8, 4) is 0 Å². The summed E-state index contributed by atoms with van der Waals surface area (Å²) in [6.45, 7) is 5.04. The van der Waals surface area contributed by atoms with Crippen molar-refractivity contribution in [3.05, 3.63) is 0 Å². The molecule has 2 saturated heterocycles. The molecule has 2 heterocycles. The third-order valence-corrected chi connectivity index (χ3v) is 3.83. The molecule has 6 nitrogen and oxygen atoms in total. The number of ether oxygens (including phenoxy) is 1. The number of nitrogens with zero attached hydrogens (tertiary/aromatic N) is 1. The van der Waals surface area contributed by atoms with Crippen molar-refractivity contribution in [2.75, 3.05) is 32.8 Å². The number of hydrogen-bond acceptors (Lipinski definition) is 4. The van der Waals surface area contributed by atoms with Crippen molar-refractivity contribution in [3.63, 3.8) is 0 Å². The van der Waals surface area contributed by atoms with Gasteiger partial charge in [-0.15, -0.1) is 0 Å². The largest absolute Gasteiger partial charge is 0.376 e. The first-order valence-corrected chi connectivity index (χ1v) is 7.51. The van der Waals surface area contributed by atoms with Crippen LogP contribution in [-0.4, -0.2) is 61.6 Å². The van der Waals surface area contributed by atoms with E-state index in [2.05, 4.69) is 15.5 Å². The van der Waals surface area contributed by atoms with Crippen LogP contribution in [0, 0.1) is 0 Å². The highest BCUT2D eigenvalue weighted by Gasteiger charge is 2.22. The fraction of sp³-hybridized carbons (Fsp3) is 0.857. The van der Waals surface area contributed by atoms with Crippen molar-refractivity contribution < 1.29 is 14.3 Å². The van der Waals surface area contributed by atoms with Crippen LogP contribution in [0.3, 0.4) is 0 Å². The van der Waals surface area contributed by atoms with Crippen LogP contribution >= 0.6 is 0 Å². The van der Waals surface area contributed by atoms with Gasteiger partial charge in [-0.25, -0.2) is 0 Å². The molecular weight excluding hydrogens is 258 g/mol. The van der Waals surface area contributed by atoms with E-state index >= 15 is 0 Å². The second-order valence-corrected chi connectivity index (χ2v) is 5.71. The molecule has 6 heteroatoms. The second-order valence-electron chi connectivity index (χ2n) is 5.71. The highest BCUT2D eigenvalue weighted by atomic mass is 16.5. The number of rotatable bonds is 5. The van der Waals surface area contributed by atoms with E-state index in [-0.39, 0.29) is 24.0 Å². The quantitative estimate of drug-likeness (QED) is 0.738. The molecular formula is C14H25N3O3. The molecule has 114 valence electrons. The van der Waals surface area contributed by atoms with E-state index in [4.69, 9.17) is 4.74 Å². The van der Waals surface area contributed by atoms with Crippen molar-refractivity contribution >= 4 is 11.8 Å². The molecule has 0 bridgehead atoms. The van der Waals surface area contributed by atoms with Crippen LogP contribution < -0.4 is 10.6 Å². The van der Waals surface area contributed by atoms with Crippen LogP contribution in [0.15, 0.2) is 0 Å². The average Bonchev–Trinajstić information content (AvgIpc) is 2.89. The number of hydrogen-bond donors (Lipinski definition) is 2. The lowest BCUT2D eigenvalue weighted by Gasteiger charge is -2.32. The highest BCUT2D eigenvalue weighted by molar-refractivity contribution is 5.78. The van der Waals surface area contributed by atoms with Gasteiger partial charge in [0, 0.05) is 32.7 Å². The van der Waals surface area contributed by atoms with Crippen LogP contribution in [0.2, 0.25) is 0 Å². The van der Waals surface area contributed by atoms with E-state index in [1.807, 2.05) is 0 Å². The Bertz CT molecular complexity index is 343. The predicted octanol–water partition coefficient (Wildman–Crippen LogP) is -0.118. The van der Waals surface area contributed by atoms with Gasteiger partial charge in [-0.1, -0.05) is 0 Å². The van der Waals surface area contributed by atoms with Gasteiger partial charge in [-0.3, -0.25) is 14.5 Å². The SMILES string of the molecule is CC(=O)NC1CCCN(CC(=O)NCC2CCCO2)C1. The lowest BCUT2D eigenvalue weighted by Crippen LogP contribution is -2.50. The monoisotopic (exact) mass is 283 g/mol. The normalized spacial score (nSPS) is 27.2. The van der Waals surface area contributed by atoms with Crippen molar-refractivity contribution in [1.82, 2.24) is 15.5 Å². The van der Waals surface area contributed by atoms with Gasteiger partial charge in [-0.05, 0) is 32.2 Å². The summed E-state index contributed by atoms with van der Waals surface area (Å²) in [5, 5.41) is 5.86. The number of nitrogens with one attached hydrogen (secondary N) is 2. The minimum Gasteiger partial charge on any atom is -0.376 e. The molecule has 0 saturated carbocycles. The van der Waals surface area contributed by atoms with E-state index in [0.717, 1.165) is 45.4 Å². The molecule has 2 N–H and O–H groups in total. The maximum Gasteiger partial charge on any atom is 0.234 e. The van der Waals surface area contributed by atoms with Gasteiger partial charge >= 0.3 is 0 Å². The number of likely N-dealkylation sites (tertiary alicyclic amines) is 1. The molecule has 0 aromatic rings. The number of carbonyl (C=O) groups is 2. The molecule has 2 aliphatic heterocycles. The Balaban J connectivity index is 1.66. The van der Waals surface area contributed by atoms with Crippen molar-refractivity contribution in [2.24, 2.45) is 0 Å². The third-order valence-electron chi connectivity index (χ3n) is 3.83. The topological polar surface area (TPSA) is 70.7 Å². The van der Waals surface area contributed by atoms with Gasteiger partial charge in [0.1, 0.15) is 0 Å². The Labute approximate surface area is 120 Å². The summed E-state index contributed by atoms with van der Waals surface area (Å²) in [5.41, 5.74) is 0. The number of amides is 2. The molecule has 2 atom stereocenters. The van der Waals surface area contributed by atoms with Crippen molar-refractivity contribution in [1.29, 1.82) is 0 Å². The summed E-state index contributed by atoms with van der Waals surface area (Å²) in [6.07, 6.45) is 4.32. The summed E-state index contributed by atoms with van der Waals surface area (Å²) in [4.78, 5) is 25.1. The molecule has 2 amide bonds. The maximum absolute atomic E-state index is 11.9. The molecule has 2 fully saturated rings. The zero-order valence-corrected chi connectivity index (χ0v) is 12.2. The Morgan fingerprint density at radius 3 is 2.85 bits per heavy atom. The molecule has 0 aliphatic carbocycles. The van der Waals surface area contributed by atoms with Crippen LogP contribution in [-0.2, 0) is 14.3 Å². The summed E-state index contributed by atoms with van der Waals surface area (Å²) in [6, 6.07) is 0.173. The number of carbonyl (C=O) groups excluding carboxylic acids is 2. The van der Waals surface area contributed by atoms with Crippen molar-refractivity contribution in [2.45, 2.75) is 44.8 Å². The van der Waals surface area contributed by atoms with E-state index in [9.17, 15) is 9.59 Å². The van der Waals surface area contributed by atoms with Crippen LogP contribution in [0.5, 0.6) is 0 Å². The Hall–Kier alpha value is -1.14. The fourth-order valence-corrected chi connectivity index (χ4v) is 2.90. The Kier molecular flexibility index (Phi) is 5.79. The maximum atomic E-state index is 11.9. The average molecular weight is 283 g/mol. The van der Waals surface area contributed by atoms with E-state index < -0.39 is 0 Å².